The highest BCUT2D eigenvalue weighted by Gasteiger charge is 2.32. The molecule has 0 heterocycles. The number of carbonyl (C=O) groups is 1. The SMILES string of the molecule is COC(=O)C(C)C(C)NCC1(CO)CCCCC1. The zero-order valence-corrected chi connectivity index (χ0v) is 11.9. The molecule has 0 aromatic heterocycles. The predicted octanol–water partition coefficient (Wildman–Crippen LogP) is 1.72. The van der Waals surface area contributed by atoms with E-state index in [0.29, 0.717) is 0 Å². The Labute approximate surface area is 110 Å². The van der Waals surface area contributed by atoms with Crippen LogP contribution in [0.5, 0.6) is 0 Å². The van der Waals surface area contributed by atoms with Crippen LogP contribution in [0.25, 0.3) is 0 Å². The number of hydrogen-bond donors (Lipinski definition) is 2. The van der Waals surface area contributed by atoms with Gasteiger partial charge in [0.25, 0.3) is 0 Å². The molecule has 2 atom stereocenters. The molecule has 1 saturated carbocycles. The van der Waals surface area contributed by atoms with E-state index >= 15 is 0 Å². The predicted molar refractivity (Wildman–Crippen MR) is 71.2 cm³/mol. The molecule has 2 unspecified atom stereocenters. The van der Waals surface area contributed by atoms with Crippen molar-refractivity contribution in [1.29, 1.82) is 0 Å². The second-order valence-electron chi connectivity index (χ2n) is 5.70. The molecule has 4 heteroatoms. The van der Waals surface area contributed by atoms with E-state index < -0.39 is 0 Å². The molecule has 0 aliphatic heterocycles. The van der Waals surface area contributed by atoms with Crippen molar-refractivity contribution in [2.45, 2.75) is 52.0 Å². The van der Waals surface area contributed by atoms with Gasteiger partial charge in [-0.15, -0.1) is 0 Å². The highest BCUT2D eigenvalue weighted by Crippen LogP contribution is 2.35. The lowest BCUT2D eigenvalue weighted by Gasteiger charge is -2.37. The van der Waals surface area contributed by atoms with E-state index in [0.717, 1.165) is 19.4 Å². The third-order valence-corrected chi connectivity index (χ3v) is 4.37. The third-order valence-electron chi connectivity index (χ3n) is 4.37. The molecule has 0 aromatic carbocycles. The summed E-state index contributed by atoms with van der Waals surface area (Å²) < 4.78 is 4.75. The van der Waals surface area contributed by atoms with Crippen LogP contribution in [0.1, 0.15) is 46.0 Å². The Hall–Kier alpha value is -0.610. The van der Waals surface area contributed by atoms with E-state index in [9.17, 15) is 9.90 Å². The van der Waals surface area contributed by atoms with Crippen LogP contribution in [0.4, 0.5) is 0 Å². The van der Waals surface area contributed by atoms with Crippen molar-refractivity contribution in [1.82, 2.24) is 5.32 Å². The molecule has 4 nitrogen and oxygen atoms in total. The number of aliphatic hydroxyl groups excluding tert-OH is 1. The minimum absolute atomic E-state index is 0.0162. The standard InChI is InChI=1S/C14H27NO3/c1-11(13(17)18-3)12(2)15-9-14(10-16)7-5-4-6-8-14/h11-12,15-16H,4-10H2,1-3H3. The van der Waals surface area contributed by atoms with Crippen molar-refractivity contribution >= 4 is 5.97 Å². The molecular formula is C14H27NO3. The van der Waals surface area contributed by atoms with Gasteiger partial charge < -0.3 is 15.2 Å². The zero-order chi connectivity index (χ0) is 13.6. The first kappa shape index (κ1) is 15.4. The third kappa shape index (κ3) is 3.95. The Balaban J connectivity index is 2.44. The average Bonchev–Trinajstić information content (AvgIpc) is 2.44. The van der Waals surface area contributed by atoms with E-state index in [-0.39, 0.29) is 30.0 Å². The first-order valence-electron chi connectivity index (χ1n) is 6.97. The van der Waals surface area contributed by atoms with Crippen molar-refractivity contribution in [3.63, 3.8) is 0 Å². The summed E-state index contributed by atoms with van der Waals surface area (Å²) in [5.41, 5.74) is 0.0162. The molecule has 1 rings (SSSR count). The van der Waals surface area contributed by atoms with Gasteiger partial charge in [-0.3, -0.25) is 4.79 Å². The second-order valence-corrected chi connectivity index (χ2v) is 5.70. The largest absolute Gasteiger partial charge is 0.469 e. The summed E-state index contributed by atoms with van der Waals surface area (Å²) in [5, 5.41) is 13.0. The summed E-state index contributed by atoms with van der Waals surface area (Å²) in [6.07, 6.45) is 5.83. The van der Waals surface area contributed by atoms with Crippen LogP contribution in [-0.4, -0.2) is 37.4 Å². The van der Waals surface area contributed by atoms with Crippen LogP contribution in [0, 0.1) is 11.3 Å². The number of methoxy groups -OCH3 is 1. The molecule has 1 fully saturated rings. The number of carbonyl (C=O) groups excluding carboxylic acids is 1. The Morgan fingerprint density at radius 1 is 1.33 bits per heavy atom. The van der Waals surface area contributed by atoms with Crippen LogP contribution in [0.2, 0.25) is 0 Å². The van der Waals surface area contributed by atoms with Gasteiger partial charge in [0.2, 0.25) is 0 Å². The molecule has 0 saturated heterocycles. The number of rotatable bonds is 6. The smallest absolute Gasteiger partial charge is 0.309 e. The minimum Gasteiger partial charge on any atom is -0.469 e. The molecule has 0 aromatic rings. The molecule has 0 spiro atoms. The molecule has 0 amide bonds. The summed E-state index contributed by atoms with van der Waals surface area (Å²) in [6, 6.07) is 0.0720. The minimum atomic E-state index is -0.184. The first-order chi connectivity index (χ1) is 8.54. The van der Waals surface area contributed by atoms with Gasteiger partial charge in [-0.05, 0) is 19.8 Å². The molecule has 2 N–H and O–H groups in total. The molecule has 0 bridgehead atoms. The van der Waals surface area contributed by atoms with E-state index in [2.05, 4.69) is 5.32 Å². The van der Waals surface area contributed by atoms with E-state index in [1.54, 1.807) is 0 Å². The maximum atomic E-state index is 11.4. The second kappa shape index (κ2) is 7.10. The van der Waals surface area contributed by atoms with Crippen molar-refractivity contribution in [2.75, 3.05) is 20.3 Å². The van der Waals surface area contributed by atoms with E-state index in [4.69, 9.17) is 4.74 Å². The molecule has 0 radical (unpaired) electrons. The van der Waals surface area contributed by atoms with Crippen LogP contribution < -0.4 is 5.32 Å². The Morgan fingerprint density at radius 3 is 2.44 bits per heavy atom. The molecule has 106 valence electrons. The monoisotopic (exact) mass is 257 g/mol. The lowest BCUT2D eigenvalue weighted by Crippen LogP contribution is -2.45. The normalized spacial score (nSPS) is 22.2. The van der Waals surface area contributed by atoms with Gasteiger partial charge in [-0.1, -0.05) is 26.2 Å². The summed E-state index contributed by atoms with van der Waals surface area (Å²) >= 11 is 0. The first-order valence-corrected chi connectivity index (χ1v) is 6.97. The van der Waals surface area contributed by atoms with Gasteiger partial charge in [0.15, 0.2) is 0 Å². The van der Waals surface area contributed by atoms with E-state index in [1.807, 2.05) is 13.8 Å². The summed E-state index contributed by atoms with van der Waals surface area (Å²) in [5.74, 6) is -0.342. The van der Waals surface area contributed by atoms with Gasteiger partial charge in [-0.2, -0.15) is 0 Å². The number of aliphatic hydroxyl groups is 1. The quantitative estimate of drug-likeness (QED) is 0.711. The summed E-state index contributed by atoms with van der Waals surface area (Å²) in [6.45, 7) is 4.89. The lowest BCUT2D eigenvalue weighted by molar-refractivity contribution is -0.145. The zero-order valence-electron chi connectivity index (χ0n) is 11.9. The Bertz CT molecular complexity index is 262. The summed E-state index contributed by atoms with van der Waals surface area (Å²) in [7, 11) is 1.42. The van der Waals surface area contributed by atoms with Crippen LogP contribution in [0.3, 0.4) is 0 Å². The number of nitrogens with one attached hydrogen (secondary N) is 1. The Morgan fingerprint density at radius 2 is 1.94 bits per heavy atom. The van der Waals surface area contributed by atoms with Crippen molar-refractivity contribution < 1.29 is 14.6 Å². The average molecular weight is 257 g/mol. The van der Waals surface area contributed by atoms with Crippen molar-refractivity contribution in [3.8, 4) is 0 Å². The topological polar surface area (TPSA) is 58.6 Å². The molecular weight excluding hydrogens is 230 g/mol. The number of hydrogen-bond acceptors (Lipinski definition) is 4. The summed E-state index contributed by atoms with van der Waals surface area (Å²) in [4.78, 5) is 11.4. The molecule has 1 aliphatic rings. The highest BCUT2D eigenvalue weighted by atomic mass is 16.5. The van der Waals surface area contributed by atoms with Crippen molar-refractivity contribution in [3.05, 3.63) is 0 Å². The van der Waals surface area contributed by atoms with Crippen LogP contribution >= 0.6 is 0 Å². The fourth-order valence-electron chi connectivity index (χ4n) is 2.64. The van der Waals surface area contributed by atoms with Gasteiger partial charge in [0, 0.05) is 24.6 Å². The van der Waals surface area contributed by atoms with E-state index in [1.165, 1.54) is 26.4 Å². The number of ether oxygens (including phenoxy) is 1. The maximum absolute atomic E-state index is 11.4. The van der Waals surface area contributed by atoms with Gasteiger partial charge >= 0.3 is 5.97 Å². The lowest BCUT2D eigenvalue weighted by atomic mass is 9.74. The van der Waals surface area contributed by atoms with Crippen LogP contribution in [0.15, 0.2) is 0 Å². The molecule has 18 heavy (non-hydrogen) atoms. The Kier molecular flexibility index (Phi) is 6.09. The molecule has 1 aliphatic carbocycles. The fourth-order valence-corrected chi connectivity index (χ4v) is 2.64. The number of esters is 1. The van der Waals surface area contributed by atoms with Crippen molar-refractivity contribution in [2.24, 2.45) is 11.3 Å². The highest BCUT2D eigenvalue weighted by molar-refractivity contribution is 5.72. The van der Waals surface area contributed by atoms with Gasteiger partial charge in [0.05, 0.1) is 13.0 Å². The fraction of sp³-hybridized carbons (Fsp3) is 0.929. The van der Waals surface area contributed by atoms with Gasteiger partial charge in [-0.25, -0.2) is 0 Å². The van der Waals surface area contributed by atoms with Gasteiger partial charge in [0.1, 0.15) is 0 Å². The van der Waals surface area contributed by atoms with Crippen LogP contribution in [-0.2, 0) is 9.53 Å². The maximum Gasteiger partial charge on any atom is 0.309 e.